The van der Waals surface area contributed by atoms with Gasteiger partial charge in [0.25, 0.3) is 0 Å². The maximum Gasteiger partial charge on any atom is 0.316 e. The molecule has 0 amide bonds. The molecule has 0 aliphatic heterocycles. The van der Waals surface area contributed by atoms with Gasteiger partial charge in [-0.1, -0.05) is 20.3 Å². The van der Waals surface area contributed by atoms with Gasteiger partial charge in [-0.05, 0) is 18.6 Å². The smallest absolute Gasteiger partial charge is 0.316 e. The molecule has 0 rings (SSSR count). The van der Waals surface area contributed by atoms with Gasteiger partial charge < -0.3 is 5.11 Å². The first-order valence-corrected chi connectivity index (χ1v) is 5.11. The molecule has 0 radical (unpaired) electrons. The fourth-order valence-electron chi connectivity index (χ4n) is 0.734. The summed E-state index contributed by atoms with van der Waals surface area (Å²) in [5.41, 5.74) is 0. The second-order valence-corrected chi connectivity index (χ2v) is 3.77. The molecule has 2 nitrogen and oxygen atoms in total. The molecule has 0 fully saturated rings. The number of unbranched alkanes of at least 4 members (excludes halogenated alkanes) is 1. The number of hydrogen-bond acceptors (Lipinski definition) is 2. The van der Waals surface area contributed by atoms with E-state index in [0.29, 0.717) is 0 Å². The first-order valence-electron chi connectivity index (χ1n) is 4.06. The van der Waals surface area contributed by atoms with Gasteiger partial charge in [-0.2, -0.15) is 0 Å². The third-order valence-corrected chi connectivity index (χ3v) is 2.92. The Bertz CT molecular complexity index is 115. The normalized spacial score (nSPS) is 12.9. The zero-order chi connectivity index (χ0) is 8.69. The summed E-state index contributed by atoms with van der Waals surface area (Å²) in [7, 11) is 0. The van der Waals surface area contributed by atoms with Crippen molar-refractivity contribution in [2.24, 2.45) is 0 Å². The van der Waals surface area contributed by atoms with Crippen LogP contribution in [0.1, 0.15) is 33.1 Å². The van der Waals surface area contributed by atoms with Crippen LogP contribution in [0.2, 0.25) is 0 Å². The van der Waals surface area contributed by atoms with E-state index < -0.39 is 5.97 Å². The number of hydrogen-bond donors (Lipinski definition) is 1. The number of thioether (sulfide) groups is 1. The zero-order valence-corrected chi connectivity index (χ0v) is 7.99. The lowest BCUT2D eigenvalue weighted by atomic mass is 10.3. The Morgan fingerprint density at radius 3 is 2.55 bits per heavy atom. The topological polar surface area (TPSA) is 37.3 Å². The highest BCUT2D eigenvalue weighted by atomic mass is 32.2. The van der Waals surface area contributed by atoms with Gasteiger partial charge in [-0.25, -0.2) is 0 Å². The predicted molar refractivity (Wildman–Crippen MR) is 49.1 cm³/mol. The van der Waals surface area contributed by atoms with Crippen LogP contribution < -0.4 is 0 Å². The van der Waals surface area contributed by atoms with Crippen molar-refractivity contribution < 1.29 is 9.90 Å². The Kier molecular flexibility index (Phi) is 6.42. The van der Waals surface area contributed by atoms with Crippen LogP contribution in [-0.4, -0.2) is 22.1 Å². The minimum Gasteiger partial charge on any atom is -0.480 e. The molecule has 0 spiro atoms. The summed E-state index contributed by atoms with van der Waals surface area (Å²) in [4.78, 5) is 10.5. The zero-order valence-electron chi connectivity index (χ0n) is 7.17. The summed E-state index contributed by atoms with van der Waals surface area (Å²) >= 11 is 1.55. The van der Waals surface area contributed by atoms with Gasteiger partial charge in [-0.3, -0.25) is 4.79 Å². The first-order chi connectivity index (χ1) is 5.22. The molecule has 0 saturated carbocycles. The molecular formula is C8H16O2S. The highest BCUT2D eigenvalue weighted by molar-refractivity contribution is 8.00. The Labute approximate surface area is 72.4 Å². The number of carbonyl (C=O) groups is 1. The summed E-state index contributed by atoms with van der Waals surface area (Å²) in [6.07, 6.45) is 2.99. The number of carboxylic acid groups (broad SMARTS) is 1. The largest absolute Gasteiger partial charge is 0.480 e. The molecule has 66 valence electrons. The average Bonchev–Trinajstić information content (AvgIpc) is 1.97. The molecular weight excluding hydrogens is 160 g/mol. The van der Waals surface area contributed by atoms with Crippen molar-refractivity contribution in [1.29, 1.82) is 0 Å². The minimum atomic E-state index is -0.673. The van der Waals surface area contributed by atoms with Crippen molar-refractivity contribution in [2.45, 2.75) is 38.4 Å². The molecule has 1 atom stereocenters. The van der Waals surface area contributed by atoms with Gasteiger partial charge in [-0.15, -0.1) is 11.8 Å². The van der Waals surface area contributed by atoms with Crippen molar-refractivity contribution in [3.8, 4) is 0 Å². The number of aliphatic carboxylic acids is 1. The van der Waals surface area contributed by atoms with Gasteiger partial charge in [0.15, 0.2) is 0 Å². The summed E-state index contributed by atoms with van der Waals surface area (Å²) in [6.45, 7) is 4.03. The fourth-order valence-corrected chi connectivity index (χ4v) is 1.85. The second kappa shape index (κ2) is 6.53. The van der Waals surface area contributed by atoms with Crippen molar-refractivity contribution in [1.82, 2.24) is 0 Å². The quantitative estimate of drug-likeness (QED) is 0.631. The SMILES string of the molecule is CCCCSC(CC)C(=O)O. The average molecular weight is 176 g/mol. The maximum absolute atomic E-state index is 10.5. The Morgan fingerprint density at radius 1 is 1.55 bits per heavy atom. The van der Waals surface area contributed by atoms with Crippen LogP contribution in [0.4, 0.5) is 0 Å². The van der Waals surface area contributed by atoms with Crippen molar-refractivity contribution in [3.63, 3.8) is 0 Å². The molecule has 0 aliphatic carbocycles. The summed E-state index contributed by atoms with van der Waals surface area (Å²) in [6, 6.07) is 0. The fraction of sp³-hybridized carbons (Fsp3) is 0.875. The van der Waals surface area contributed by atoms with E-state index in [1.165, 1.54) is 0 Å². The molecule has 0 aliphatic rings. The summed E-state index contributed by atoms with van der Waals surface area (Å²) in [5, 5.41) is 8.46. The maximum atomic E-state index is 10.5. The van der Waals surface area contributed by atoms with Gasteiger partial charge >= 0.3 is 5.97 Å². The summed E-state index contributed by atoms with van der Waals surface area (Å²) < 4.78 is 0. The Morgan fingerprint density at radius 2 is 2.18 bits per heavy atom. The summed E-state index contributed by atoms with van der Waals surface area (Å²) in [5.74, 6) is 0.301. The number of rotatable bonds is 6. The van der Waals surface area contributed by atoms with Crippen LogP contribution in [0.15, 0.2) is 0 Å². The van der Waals surface area contributed by atoms with Gasteiger partial charge in [0.05, 0.1) is 0 Å². The minimum absolute atomic E-state index is 0.193. The van der Waals surface area contributed by atoms with Gasteiger partial charge in [0.2, 0.25) is 0 Å². The molecule has 11 heavy (non-hydrogen) atoms. The lowest BCUT2D eigenvalue weighted by molar-refractivity contribution is -0.136. The van der Waals surface area contributed by atoms with Gasteiger partial charge in [0.1, 0.15) is 5.25 Å². The highest BCUT2D eigenvalue weighted by Gasteiger charge is 2.13. The Balaban J connectivity index is 3.44. The molecule has 0 aromatic rings. The third kappa shape index (κ3) is 5.13. The van der Waals surface area contributed by atoms with Crippen molar-refractivity contribution in [3.05, 3.63) is 0 Å². The van der Waals surface area contributed by atoms with E-state index in [4.69, 9.17) is 5.11 Å². The van der Waals surface area contributed by atoms with E-state index >= 15 is 0 Å². The standard InChI is InChI=1S/C8H16O2S/c1-3-5-6-11-7(4-2)8(9)10/h7H,3-6H2,1-2H3,(H,9,10). The van der Waals surface area contributed by atoms with E-state index in [-0.39, 0.29) is 5.25 Å². The van der Waals surface area contributed by atoms with Crippen LogP contribution in [0.3, 0.4) is 0 Å². The predicted octanol–water partition coefficient (Wildman–Crippen LogP) is 2.38. The highest BCUT2D eigenvalue weighted by Crippen LogP contribution is 2.16. The first kappa shape index (κ1) is 10.8. The Hall–Kier alpha value is -0.180. The van der Waals surface area contributed by atoms with E-state index in [0.717, 1.165) is 25.0 Å². The van der Waals surface area contributed by atoms with Crippen LogP contribution in [0.25, 0.3) is 0 Å². The lowest BCUT2D eigenvalue weighted by Crippen LogP contribution is -2.15. The molecule has 0 bridgehead atoms. The molecule has 1 N–H and O–H groups in total. The van der Waals surface area contributed by atoms with E-state index in [1.807, 2.05) is 6.92 Å². The van der Waals surface area contributed by atoms with Crippen LogP contribution >= 0.6 is 11.8 Å². The van der Waals surface area contributed by atoms with Crippen LogP contribution in [-0.2, 0) is 4.79 Å². The molecule has 0 saturated heterocycles. The van der Waals surface area contributed by atoms with Crippen molar-refractivity contribution >= 4 is 17.7 Å². The van der Waals surface area contributed by atoms with Gasteiger partial charge in [0, 0.05) is 0 Å². The monoisotopic (exact) mass is 176 g/mol. The van der Waals surface area contributed by atoms with Crippen LogP contribution in [0.5, 0.6) is 0 Å². The van der Waals surface area contributed by atoms with E-state index in [1.54, 1.807) is 11.8 Å². The van der Waals surface area contributed by atoms with Crippen LogP contribution in [0, 0.1) is 0 Å². The second-order valence-electron chi connectivity index (χ2n) is 2.46. The lowest BCUT2D eigenvalue weighted by Gasteiger charge is -2.07. The van der Waals surface area contributed by atoms with E-state index in [2.05, 4.69) is 6.92 Å². The molecule has 1 unspecified atom stereocenters. The molecule has 3 heteroatoms. The number of carboxylic acids is 1. The van der Waals surface area contributed by atoms with E-state index in [9.17, 15) is 4.79 Å². The molecule has 0 aromatic heterocycles. The molecule has 0 heterocycles. The third-order valence-electron chi connectivity index (χ3n) is 1.46. The molecule has 0 aromatic carbocycles. The van der Waals surface area contributed by atoms with Crippen molar-refractivity contribution in [2.75, 3.05) is 5.75 Å².